The predicted molar refractivity (Wildman–Crippen MR) is 57.9 cm³/mol. The molecular formula is C10H13F2N3O3. The molecule has 4 unspecified atom stereocenters. The van der Waals surface area contributed by atoms with E-state index in [1.807, 2.05) is 0 Å². The molecule has 0 radical (unpaired) electrons. The summed E-state index contributed by atoms with van der Waals surface area (Å²) in [6, 6.07) is 0. The molecule has 100 valence electrons. The lowest BCUT2D eigenvalue weighted by Crippen LogP contribution is -2.32. The molecule has 3 N–H and O–H groups in total. The molecule has 1 fully saturated rings. The van der Waals surface area contributed by atoms with E-state index in [4.69, 9.17) is 15.6 Å². The monoisotopic (exact) mass is 261 g/mol. The Labute approximate surface area is 101 Å². The summed E-state index contributed by atoms with van der Waals surface area (Å²) in [4.78, 5) is 14.8. The lowest BCUT2D eigenvalue weighted by Gasteiger charge is -2.16. The highest BCUT2D eigenvalue weighted by Gasteiger charge is 2.43. The summed E-state index contributed by atoms with van der Waals surface area (Å²) in [7, 11) is 0. The third kappa shape index (κ3) is 1.97. The van der Waals surface area contributed by atoms with Gasteiger partial charge in [0.1, 0.15) is 0 Å². The first-order valence-corrected chi connectivity index (χ1v) is 5.40. The number of hydrogen-bond acceptors (Lipinski definition) is 5. The van der Waals surface area contributed by atoms with Gasteiger partial charge in [0.2, 0.25) is 0 Å². The number of halogens is 2. The minimum absolute atomic E-state index is 0.377. The second-order valence-electron chi connectivity index (χ2n) is 4.22. The Balaban J connectivity index is 2.39. The minimum atomic E-state index is -1.54. The van der Waals surface area contributed by atoms with Crippen LogP contribution in [0.4, 0.5) is 14.6 Å². The third-order valence-electron chi connectivity index (χ3n) is 3.06. The highest BCUT2D eigenvalue weighted by atomic mass is 19.1. The first kappa shape index (κ1) is 12.9. The number of hydrogen-bond donors (Lipinski definition) is 2. The number of nitrogen functional groups attached to an aromatic ring is 1. The number of aromatic nitrogens is 2. The number of ether oxygens (including phenoxy) is 1. The largest absolute Gasteiger partial charge is 0.394 e. The van der Waals surface area contributed by atoms with Gasteiger partial charge in [0, 0.05) is 5.92 Å². The van der Waals surface area contributed by atoms with Crippen LogP contribution in [0.3, 0.4) is 0 Å². The van der Waals surface area contributed by atoms with Crippen molar-refractivity contribution in [1.82, 2.24) is 9.55 Å². The second-order valence-corrected chi connectivity index (χ2v) is 4.22. The first-order chi connectivity index (χ1) is 8.45. The average molecular weight is 261 g/mol. The van der Waals surface area contributed by atoms with E-state index < -0.39 is 41.7 Å². The van der Waals surface area contributed by atoms with Crippen LogP contribution in [0.15, 0.2) is 11.0 Å². The lowest BCUT2D eigenvalue weighted by molar-refractivity contribution is -0.0422. The fraction of sp³-hybridized carbons (Fsp3) is 0.600. The highest BCUT2D eigenvalue weighted by Crippen LogP contribution is 2.35. The summed E-state index contributed by atoms with van der Waals surface area (Å²) in [6.07, 6.45) is -2.82. The molecular weight excluding hydrogens is 248 g/mol. The first-order valence-electron chi connectivity index (χ1n) is 5.40. The molecule has 1 aliphatic rings. The molecule has 8 heteroatoms. The topological polar surface area (TPSA) is 90.4 Å². The van der Waals surface area contributed by atoms with Crippen LogP contribution in [0.25, 0.3) is 0 Å². The Hall–Kier alpha value is -1.54. The van der Waals surface area contributed by atoms with Crippen LogP contribution in [0, 0.1) is 11.7 Å². The van der Waals surface area contributed by atoms with Crippen molar-refractivity contribution < 1.29 is 18.6 Å². The molecule has 1 aliphatic heterocycles. The van der Waals surface area contributed by atoms with Gasteiger partial charge in [-0.15, -0.1) is 0 Å². The molecule has 6 nitrogen and oxygen atoms in total. The quantitative estimate of drug-likeness (QED) is 0.771. The van der Waals surface area contributed by atoms with Crippen LogP contribution in [-0.2, 0) is 4.74 Å². The van der Waals surface area contributed by atoms with Crippen LogP contribution < -0.4 is 11.4 Å². The fourth-order valence-corrected chi connectivity index (χ4v) is 1.91. The van der Waals surface area contributed by atoms with E-state index in [0.717, 1.165) is 6.20 Å². The Kier molecular flexibility index (Phi) is 3.31. The van der Waals surface area contributed by atoms with E-state index in [9.17, 15) is 13.6 Å². The molecule has 4 atom stereocenters. The van der Waals surface area contributed by atoms with Gasteiger partial charge in [0.05, 0.1) is 18.9 Å². The van der Waals surface area contributed by atoms with E-state index in [1.54, 1.807) is 0 Å². The zero-order valence-corrected chi connectivity index (χ0v) is 9.59. The average Bonchev–Trinajstić information content (AvgIpc) is 2.61. The van der Waals surface area contributed by atoms with Gasteiger partial charge in [-0.25, -0.2) is 13.6 Å². The van der Waals surface area contributed by atoms with E-state index >= 15 is 0 Å². The third-order valence-corrected chi connectivity index (χ3v) is 3.06. The van der Waals surface area contributed by atoms with E-state index in [0.29, 0.717) is 4.57 Å². The summed E-state index contributed by atoms with van der Waals surface area (Å²) in [5.41, 5.74) is 4.23. The molecule has 0 spiro atoms. The SMILES string of the molecule is CC1C(CO)OC(n2cc(F)c(N)nc2=O)C1F. The molecule has 18 heavy (non-hydrogen) atoms. The molecule has 0 saturated carbocycles. The number of rotatable bonds is 2. The molecule has 1 aromatic heterocycles. The summed E-state index contributed by atoms with van der Waals surface area (Å²) < 4.78 is 33.1. The molecule has 1 aromatic rings. The van der Waals surface area contributed by atoms with Gasteiger partial charge < -0.3 is 15.6 Å². The molecule has 1 saturated heterocycles. The number of nitrogens with zero attached hydrogens (tertiary/aromatic N) is 2. The van der Waals surface area contributed by atoms with Gasteiger partial charge >= 0.3 is 5.69 Å². The van der Waals surface area contributed by atoms with Gasteiger partial charge in [-0.05, 0) is 0 Å². The Bertz CT molecular complexity index is 508. The van der Waals surface area contributed by atoms with E-state index in [-0.39, 0.29) is 6.61 Å². The molecule has 0 aromatic carbocycles. The van der Waals surface area contributed by atoms with Crippen molar-refractivity contribution in [2.45, 2.75) is 25.4 Å². The van der Waals surface area contributed by atoms with Crippen molar-refractivity contribution >= 4 is 5.82 Å². The highest BCUT2D eigenvalue weighted by molar-refractivity contribution is 5.26. The predicted octanol–water partition coefficient (Wildman–Crippen LogP) is -0.171. The fourth-order valence-electron chi connectivity index (χ4n) is 1.91. The van der Waals surface area contributed by atoms with Crippen molar-refractivity contribution in [3.8, 4) is 0 Å². The number of alkyl halides is 1. The van der Waals surface area contributed by atoms with Crippen LogP contribution >= 0.6 is 0 Å². The summed E-state index contributed by atoms with van der Waals surface area (Å²) in [6.45, 7) is 1.16. The van der Waals surface area contributed by atoms with Crippen LogP contribution in [0.5, 0.6) is 0 Å². The standard InChI is InChI=1S/C10H13F2N3O3/c1-4-6(3-16)18-9(7(4)12)15-2-5(11)8(13)14-10(15)17/h2,4,6-7,9,16H,3H2,1H3,(H2,13,14,17). The zero-order valence-electron chi connectivity index (χ0n) is 9.59. The Morgan fingerprint density at radius 3 is 2.89 bits per heavy atom. The number of aliphatic hydroxyl groups is 1. The van der Waals surface area contributed by atoms with Crippen LogP contribution in [0.1, 0.15) is 13.2 Å². The van der Waals surface area contributed by atoms with Crippen LogP contribution in [0.2, 0.25) is 0 Å². The van der Waals surface area contributed by atoms with Crippen molar-refractivity contribution in [3.63, 3.8) is 0 Å². The van der Waals surface area contributed by atoms with Gasteiger partial charge in [-0.2, -0.15) is 4.98 Å². The van der Waals surface area contributed by atoms with Crippen molar-refractivity contribution in [2.24, 2.45) is 5.92 Å². The van der Waals surface area contributed by atoms with E-state index in [2.05, 4.69) is 4.98 Å². The number of aliphatic hydroxyl groups excluding tert-OH is 1. The maximum atomic E-state index is 13.9. The van der Waals surface area contributed by atoms with Crippen molar-refractivity contribution in [2.75, 3.05) is 12.3 Å². The minimum Gasteiger partial charge on any atom is -0.394 e. The number of nitrogens with two attached hydrogens (primary N) is 1. The van der Waals surface area contributed by atoms with Crippen molar-refractivity contribution in [3.05, 3.63) is 22.5 Å². The van der Waals surface area contributed by atoms with Gasteiger partial charge in [0.15, 0.2) is 24.0 Å². The lowest BCUT2D eigenvalue weighted by atomic mass is 10.0. The smallest absolute Gasteiger partial charge is 0.351 e. The molecule has 0 aliphatic carbocycles. The van der Waals surface area contributed by atoms with E-state index in [1.165, 1.54) is 6.92 Å². The Morgan fingerprint density at radius 1 is 1.67 bits per heavy atom. The zero-order chi connectivity index (χ0) is 13.4. The van der Waals surface area contributed by atoms with Gasteiger partial charge in [-0.3, -0.25) is 4.57 Å². The van der Waals surface area contributed by atoms with Gasteiger partial charge in [0.25, 0.3) is 0 Å². The molecule has 2 rings (SSSR count). The number of anilines is 1. The molecule has 0 amide bonds. The Morgan fingerprint density at radius 2 is 2.33 bits per heavy atom. The van der Waals surface area contributed by atoms with Crippen molar-refractivity contribution in [1.29, 1.82) is 0 Å². The summed E-state index contributed by atoms with van der Waals surface area (Å²) >= 11 is 0. The maximum absolute atomic E-state index is 13.9. The van der Waals surface area contributed by atoms with Gasteiger partial charge in [-0.1, -0.05) is 6.92 Å². The second kappa shape index (κ2) is 4.62. The molecule has 0 bridgehead atoms. The van der Waals surface area contributed by atoms with Crippen LogP contribution in [-0.4, -0.2) is 33.5 Å². The normalized spacial score (nSPS) is 31.8. The maximum Gasteiger partial charge on any atom is 0.351 e. The summed E-state index contributed by atoms with van der Waals surface area (Å²) in [5, 5.41) is 9.00. The summed E-state index contributed by atoms with van der Waals surface area (Å²) in [5.74, 6) is -2.07. The molecule has 2 heterocycles.